The number of benzene rings is 2. The molecule has 0 unspecified atom stereocenters. The van der Waals surface area contributed by atoms with E-state index >= 15 is 0 Å². The number of fused-ring (bicyclic) bond motifs is 1. The highest BCUT2D eigenvalue weighted by molar-refractivity contribution is 5.95. The van der Waals surface area contributed by atoms with Gasteiger partial charge in [-0.25, -0.2) is 4.98 Å². The molecule has 2 N–H and O–H groups in total. The molecule has 2 fully saturated rings. The molecule has 30 heavy (non-hydrogen) atoms. The van der Waals surface area contributed by atoms with E-state index in [1.54, 1.807) is 0 Å². The molecule has 1 aromatic heterocycles. The Balaban J connectivity index is 0.000000158. The van der Waals surface area contributed by atoms with Gasteiger partial charge in [-0.15, -0.1) is 0 Å². The van der Waals surface area contributed by atoms with Crippen molar-refractivity contribution >= 4 is 10.8 Å². The zero-order chi connectivity index (χ0) is 20.8. The fraction of sp³-hybridized carbons (Fsp3) is 0.500. The minimum absolute atomic E-state index is 0.935. The number of aromatic nitrogens is 2. The first-order valence-corrected chi connectivity index (χ1v) is 11.7. The summed E-state index contributed by atoms with van der Waals surface area (Å²) in [5.41, 5.74) is 3.49. The summed E-state index contributed by atoms with van der Waals surface area (Å²) < 4.78 is 0. The van der Waals surface area contributed by atoms with E-state index in [0.29, 0.717) is 0 Å². The molecular weight excluding hydrogens is 368 g/mol. The second-order valence-corrected chi connectivity index (χ2v) is 8.62. The fourth-order valence-corrected chi connectivity index (χ4v) is 4.90. The SMILES string of the molecule is C1CCC(N2CCCNCC2)C1.CCc1nc(-c2cccc3ccccc23)[nH]c1C. The maximum atomic E-state index is 4.69. The summed E-state index contributed by atoms with van der Waals surface area (Å²) >= 11 is 0. The second kappa shape index (κ2) is 10.2. The third-order valence-corrected chi connectivity index (χ3v) is 6.58. The van der Waals surface area contributed by atoms with Crippen molar-refractivity contribution in [3.8, 4) is 11.4 Å². The summed E-state index contributed by atoms with van der Waals surface area (Å²) in [6.45, 7) is 9.26. The van der Waals surface area contributed by atoms with Gasteiger partial charge in [0.05, 0.1) is 5.69 Å². The van der Waals surface area contributed by atoms with E-state index in [9.17, 15) is 0 Å². The van der Waals surface area contributed by atoms with Crippen LogP contribution in [-0.2, 0) is 6.42 Å². The van der Waals surface area contributed by atoms with Gasteiger partial charge >= 0.3 is 0 Å². The van der Waals surface area contributed by atoms with Crippen LogP contribution in [0.1, 0.15) is 50.4 Å². The van der Waals surface area contributed by atoms with Crippen LogP contribution >= 0.6 is 0 Å². The molecule has 0 spiro atoms. The van der Waals surface area contributed by atoms with Gasteiger partial charge in [-0.2, -0.15) is 0 Å². The van der Waals surface area contributed by atoms with Crippen molar-refractivity contribution in [1.29, 1.82) is 0 Å². The van der Waals surface area contributed by atoms with Crippen LogP contribution in [0.25, 0.3) is 22.2 Å². The molecular formula is C26H36N4. The third-order valence-electron chi connectivity index (χ3n) is 6.58. The minimum Gasteiger partial charge on any atom is -0.342 e. The number of hydrogen-bond acceptors (Lipinski definition) is 3. The van der Waals surface area contributed by atoms with E-state index in [1.807, 2.05) is 0 Å². The Morgan fingerprint density at radius 2 is 1.77 bits per heavy atom. The van der Waals surface area contributed by atoms with Gasteiger partial charge in [-0.3, -0.25) is 4.90 Å². The molecule has 3 aromatic rings. The summed E-state index contributed by atoms with van der Waals surface area (Å²) in [7, 11) is 0. The molecule has 2 aliphatic rings. The smallest absolute Gasteiger partial charge is 0.138 e. The summed E-state index contributed by atoms with van der Waals surface area (Å²) in [6, 6.07) is 15.7. The van der Waals surface area contributed by atoms with Gasteiger partial charge in [0.15, 0.2) is 0 Å². The molecule has 160 valence electrons. The summed E-state index contributed by atoms with van der Waals surface area (Å²) in [5.74, 6) is 0.973. The number of aryl methyl sites for hydroxylation is 2. The van der Waals surface area contributed by atoms with Crippen LogP contribution in [0.2, 0.25) is 0 Å². The van der Waals surface area contributed by atoms with Crippen LogP contribution in [0.15, 0.2) is 42.5 Å². The average Bonchev–Trinajstić information content (AvgIpc) is 3.37. The van der Waals surface area contributed by atoms with Gasteiger partial charge in [0.2, 0.25) is 0 Å². The van der Waals surface area contributed by atoms with Crippen molar-refractivity contribution in [3.63, 3.8) is 0 Å². The number of imidazole rings is 1. The molecule has 0 amide bonds. The van der Waals surface area contributed by atoms with Crippen molar-refractivity contribution in [2.24, 2.45) is 0 Å². The topological polar surface area (TPSA) is 44.0 Å². The normalized spacial score (nSPS) is 18.2. The molecule has 2 aromatic carbocycles. The lowest BCUT2D eigenvalue weighted by Gasteiger charge is -2.26. The fourth-order valence-electron chi connectivity index (χ4n) is 4.90. The first-order valence-electron chi connectivity index (χ1n) is 11.7. The summed E-state index contributed by atoms with van der Waals surface area (Å²) in [4.78, 5) is 10.8. The number of aromatic amines is 1. The van der Waals surface area contributed by atoms with Crippen molar-refractivity contribution in [2.75, 3.05) is 26.2 Å². The lowest BCUT2D eigenvalue weighted by molar-refractivity contribution is 0.212. The number of H-pyrrole nitrogens is 1. The average molecular weight is 405 g/mol. The standard InChI is InChI=1S/C16H16N2.C10H20N2/c1-3-15-11(2)17-16(18-15)14-10-6-8-12-7-4-5-9-13(12)14;1-2-5-10(4-1)12-8-3-6-11-7-9-12/h4-10H,3H2,1-2H3,(H,17,18);10-11H,1-9H2. The Labute approximate surface area is 181 Å². The maximum absolute atomic E-state index is 4.69. The van der Waals surface area contributed by atoms with Gasteiger partial charge in [0.25, 0.3) is 0 Å². The quantitative estimate of drug-likeness (QED) is 0.620. The number of hydrogen-bond donors (Lipinski definition) is 2. The molecule has 5 rings (SSSR count). The highest BCUT2D eigenvalue weighted by atomic mass is 15.2. The highest BCUT2D eigenvalue weighted by Gasteiger charge is 2.22. The zero-order valence-corrected chi connectivity index (χ0v) is 18.6. The van der Waals surface area contributed by atoms with E-state index in [2.05, 4.69) is 71.5 Å². The Kier molecular flexibility index (Phi) is 7.19. The molecule has 1 saturated heterocycles. The third kappa shape index (κ3) is 4.93. The molecule has 0 bridgehead atoms. The Hall–Kier alpha value is -2.17. The van der Waals surface area contributed by atoms with Crippen molar-refractivity contribution in [2.45, 2.75) is 58.4 Å². The van der Waals surface area contributed by atoms with Gasteiger partial charge in [-0.05, 0) is 56.5 Å². The Morgan fingerprint density at radius 1 is 0.967 bits per heavy atom. The molecule has 1 aliphatic heterocycles. The van der Waals surface area contributed by atoms with Crippen molar-refractivity contribution in [1.82, 2.24) is 20.2 Å². The molecule has 0 radical (unpaired) electrons. The van der Waals surface area contributed by atoms with Crippen LogP contribution in [0.4, 0.5) is 0 Å². The largest absolute Gasteiger partial charge is 0.342 e. The highest BCUT2D eigenvalue weighted by Crippen LogP contribution is 2.27. The molecule has 1 aliphatic carbocycles. The van der Waals surface area contributed by atoms with Crippen LogP contribution in [-0.4, -0.2) is 47.1 Å². The Morgan fingerprint density at radius 3 is 2.57 bits per heavy atom. The summed E-state index contributed by atoms with van der Waals surface area (Å²) in [6.07, 6.45) is 8.16. The lowest BCUT2D eigenvalue weighted by Crippen LogP contribution is -2.36. The molecule has 0 atom stereocenters. The van der Waals surface area contributed by atoms with Crippen LogP contribution in [0, 0.1) is 6.92 Å². The number of nitrogens with zero attached hydrogens (tertiary/aromatic N) is 2. The first-order chi connectivity index (χ1) is 14.8. The molecule has 4 heteroatoms. The Bertz CT molecular complexity index is 926. The lowest BCUT2D eigenvalue weighted by atomic mass is 10.0. The van der Waals surface area contributed by atoms with Crippen LogP contribution < -0.4 is 5.32 Å². The maximum Gasteiger partial charge on any atom is 0.138 e. The van der Waals surface area contributed by atoms with E-state index in [1.165, 1.54) is 80.3 Å². The summed E-state index contributed by atoms with van der Waals surface area (Å²) in [5, 5.41) is 5.96. The van der Waals surface area contributed by atoms with Crippen LogP contribution in [0.3, 0.4) is 0 Å². The van der Waals surface area contributed by atoms with Crippen molar-refractivity contribution < 1.29 is 0 Å². The van der Waals surface area contributed by atoms with E-state index in [0.717, 1.165) is 24.0 Å². The van der Waals surface area contributed by atoms with Gasteiger partial charge in [0.1, 0.15) is 5.82 Å². The van der Waals surface area contributed by atoms with Gasteiger partial charge < -0.3 is 10.3 Å². The zero-order valence-electron chi connectivity index (χ0n) is 18.6. The van der Waals surface area contributed by atoms with Crippen molar-refractivity contribution in [3.05, 3.63) is 53.9 Å². The van der Waals surface area contributed by atoms with E-state index in [-0.39, 0.29) is 0 Å². The van der Waals surface area contributed by atoms with Gasteiger partial charge in [0, 0.05) is 30.4 Å². The second-order valence-electron chi connectivity index (χ2n) is 8.62. The number of nitrogens with one attached hydrogen (secondary N) is 2. The first kappa shape index (κ1) is 21.1. The number of rotatable bonds is 3. The van der Waals surface area contributed by atoms with E-state index in [4.69, 9.17) is 4.98 Å². The molecule has 2 heterocycles. The molecule has 1 saturated carbocycles. The monoisotopic (exact) mass is 404 g/mol. The van der Waals surface area contributed by atoms with Gasteiger partial charge in [-0.1, -0.05) is 62.2 Å². The van der Waals surface area contributed by atoms with E-state index < -0.39 is 0 Å². The predicted octanol–water partition coefficient (Wildman–Crippen LogP) is 5.33. The minimum atomic E-state index is 0.935. The predicted molar refractivity (Wildman–Crippen MR) is 127 cm³/mol. The van der Waals surface area contributed by atoms with Crippen LogP contribution in [0.5, 0.6) is 0 Å². The molecule has 4 nitrogen and oxygen atoms in total.